The highest BCUT2D eigenvalue weighted by atomic mass is 79.9. The largest absolute Gasteiger partial charge is 0.481 e. The molecule has 0 atom stereocenters. The number of halogens is 1. The Morgan fingerprint density at radius 3 is 2.78 bits per heavy atom. The van der Waals surface area contributed by atoms with Crippen molar-refractivity contribution in [1.82, 2.24) is 9.55 Å². The maximum Gasteiger partial charge on any atom is 0.309 e. The van der Waals surface area contributed by atoms with Crippen molar-refractivity contribution in [3.8, 4) is 0 Å². The Bertz CT molecular complexity index is 617. The number of hydrogen-bond acceptors (Lipinski definition) is 2. The molecule has 1 heterocycles. The van der Waals surface area contributed by atoms with Crippen LogP contribution in [0.5, 0.6) is 0 Å². The van der Waals surface area contributed by atoms with E-state index in [0.717, 1.165) is 21.3 Å². The first-order valence-electron chi connectivity index (χ1n) is 5.65. The number of carbonyl (C=O) groups is 1. The summed E-state index contributed by atoms with van der Waals surface area (Å²) in [6.07, 6.45) is 0.408. The van der Waals surface area contributed by atoms with Crippen molar-refractivity contribution in [3.63, 3.8) is 0 Å². The van der Waals surface area contributed by atoms with E-state index in [0.29, 0.717) is 6.42 Å². The van der Waals surface area contributed by atoms with Crippen molar-refractivity contribution in [2.24, 2.45) is 12.5 Å². The number of carboxylic acids is 1. The third kappa shape index (κ3) is 2.27. The van der Waals surface area contributed by atoms with Gasteiger partial charge in [-0.3, -0.25) is 4.79 Å². The van der Waals surface area contributed by atoms with E-state index in [1.807, 2.05) is 29.8 Å². The summed E-state index contributed by atoms with van der Waals surface area (Å²) in [6, 6.07) is 5.84. The van der Waals surface area contributed by atoms with Crippen molar-refractivity contribution in [2.45, 2.75) is 20.3 Å². The van der Waals surface area contributed by atoms with Crippen molar-refractivity contribution in [3.05, 3.63) is 28.5 Å². The summed E-state index contributed by atoms with van der Waals surface area (Å²) in [4.78, 5) is 15.7. The summed E-state index contributed by atoms with van der Waals surface area (Å²) in [5, 5.41) is 9.17. The molecule has 0 radical (unpaired) electrons. The molecule has 0 fully saturated rings. The number of fused-ring (bicyclic) bond motifs is 1. The molecule has 0 amide bonds. The number of aliphatic carboxylic acids is 1. The van der Waals surface area contributed by atoms with Gasteiger partial charge in [-0.2, -0.15) is 0 Å². The average molecular weight is 311 g/mol. The van der Waals surface area contributed by atoms with Gasteiger partial charge in [-0.25, -0.2) is 4.98 Å². The molecule has 0 aliphatic carbocycles. The lowest BCUT2D eigenvalue weighted by Crippen LogP contribution is -2.27. The van der Waals surface area contributed by atoms with Gasteiger partial charge in [0.05, 0.1) is 16.4 Å². The Morgan fingerprint density at radius 2 is 2.17 bits per heavy atom. The van der Waals surface area contributed by atoms with Crippen LogP contribution in [0.25, 0.3) is 11.0 Å². The lowest BCUT2D eigenvalue weighted by atomic mass is 9.89. The summed E-state index contributed by atoms with van der Waals surface area (Å²) in [5.41, 5.74) is 1.07. The Balaban J connectivity index is 2.47. The van der Waals surface area contributed by atoms with Gasteiger partial charge in [0.1, 0.15) is 5.82 Å². The highest BCUT2D eigenvalue weighted by Gasteiger charge is 2.29. The second-order valence-corrected chi connectivity index (χ2v) is 6.00. The minimum absolute atomic E-state index is 0.408. The number of imidazole rings is 1. The molecule has 0 saturated carbocycles. The summed E-state index contributed by atoms with van der Waals surface area (Å²) < 4.78 is 2.94. The molecule has 2 rings (SSSR count). The molecule has 1 aromatic heterocycles. The first-order valence-corrected chi connectivity index (χ1v) is 6.45. The summed E-state index contributed by atoms with van der Waals surface area (Å²) in [5.74, 6) is -0.0220. The predicted octanol–water partition coefficient (Wildman–Crippen LogP) is 2.99. The number of aromatic nitrogens is 2. The molecule has 0 unspecified atom stereocenters. The van der Waals surface area contributed by atoms with E-state index in [1.54, 1.807) is 13.8 Å². The second-order valence-electron chi connectivity index (χ2n) is 5.09. The van der Waals surface area contributed by atoms with Gasteiger partial charge in [0.25, 0.3) is 0 Å². The third-order valence-corrected chi connectivity index (χ3v) is 3.61. The first-order chi connectivity index (χ1) is 8.31. The van der Waals surface area contributed by atoms with Crippen LogP contribution < -0.4 is 0 Å². The van der Waals surface area contributed by atoms with E-state index in [2.05, 4.69) is 20.9 Å². The highest BCUT2D eigenvalue weighted by molar-refractivity contribution is 9.10. The Kier molecular flexibility index (Phi) is 3.19. The molecule has 0 saturated heterocycles. The fourth-order valence-electron chi connectivity index (χ4n) is 1.84. The fraction of sp³-hybridized carbons (Fsp3) is 0.385. The van der Waals surface area contributed by atoms with Crippen LogP contribution in [0.4, 0.5) is 0 Å². The Labute approximate surface area is 114 Å². The van der Waals surface area contributed by atoms with Gasteiger partial charge < -0.3 is 9.67 Å². The smallest absolute Gasteiger partial charge is 0.309 e. The maximum absolute atomic E-state index is 11.2. The van der Waals surface area contributed by atoms with Gasteiger partial charge in [-0.15, -0.1) is 0 Å². The standard InChI is InChI=1S/C13H15BrN2O2/c1-13(2,12(17)18)7-11-15-9-5-4-8(14)6-10(9)16(11)3/h4-6H,7H2,1-3H3,(H,17,18). The van der Waals surface area contributed by atoms with Gasteiger partial charge in [-0.05, 0) is 32.0 Å². The number of rotatable bonds is 3. The van der Waals surface area contributed by atoms with Crippen LogP contribution in [0.3, 0.4) is 0 Å². The van der Waals surface area contributed by atoms with E-state index in [4.69, 9.17) is 5.11 Å². The quantitative estimate of drug-likeness (QED) is 0.948. The second kappa shape index (κ2) is 4.39. The molecule has 5 heteroatoms. The molecular weight excluding hydrogens is 296 g/mol. The topological polar surface area (TPSA) is 55.1 Å². The number of aryl methyl sites for hydroxylation is 1. The van der Waals surface area contributed by atoms with Crippen molar-refractivity contribution < 1.29 is 9.90 Å². The highest BCUT2D eigenvalue weighted by Crippen LogP contribution is 2.25. The van der Waals surface area contributed by atoms with Crippen LogP contribution in [0.2, 0.25) is 0 Å². The van der Waals surface area contributed by atoms with E-state index in [-0.39, 0.29) is 0 Å². The number of carboxylic acid groups (broad SMARTS) is 1. The molecule has 0 aliphatic rings. The molecule has 1 aromatic carbocycles. The zero-order valence-corrected chi connectivity index (χ0v) is 12.2. The number of benzene rings is 1. The van der Waals surface area contributed by atoms with E-state index >= 15 is 0 Å². The summed E-state index contributed by atoms with van der Waals surface area (Å²) >= 11 is 3.43. The molecular formula is C13H15BrN2O2. The van der Waals surface area contributed by atoms with E-state index in [9.17, 15) is 4.79 Å². The van der Waals surface area contributed by atoms with Crippen LogP contribution >= 0.6 is 15.9 Å². The Hall–Kier alpha value is -1.36. The van der Waals surface area contributed by atoms with Gasteiger partial charge in [0.2, 0.25) is 0 Å². The zero-order chi connectivity index (χ0) is 13.5. The predicted molar refractivity (Wildman–Crippen MR) is 73.5 cm³/mol. The lowest BCUT2D eigenvalue weighted by molar-refractivity contribution is -0.146. The summed E-state index contributed by atoms with van der Waals surface area (Å²) in [7, 11) is 1.91. The SMILES string of the molecule is Cn1c(CC(C)(C)C(=O)O)nc2ccc(Br)cc21. The molecule has 96 valence electrons. The maximum atomic E-state index is 11.2. The van der Waals surface area contributed by atoms with Crippen molar-refractivity contribution in [2.75, 3.05) is 0 Å². The number of hydrogen-bond donors (Lipinski definition) is 1. The average Bonchev–Trinajstić information content (AvgIpc) is 2.56. The van der Waals surface area contributed by atoms with E-state index < -0.39 is 11.4 Å². The van der Waals surface area contributed by atoms with Gasteiger partial charge in [-0.1, -0.05) is 15.9 Å². The molecule has 0 spiro atoms. The van der Waals surface area contributed by atoms with Crippen molar-refractivity contribution >= 4 is 32.9 Å². The van der Waals surface area contributed by atoms with Crippen molar-refractivity contribution in [1.29, 1.82) is 0 Å². The van der Waals surface area contributed by atoms with Gasteiger partial charge in [0, 0.05) is 17.9 Å². The normalized spacial score (nSPS) is 12.0. The monoisotopic (exact) mass is 310 g/mol. The minimum Gasteiger partial charge on any atom is -0.481 e. The van der Waals surface area contributed by atoms with Crippen LogP contribution in [0, 0.1) is 5.41 Å². The lowest BCUT2D eigenvalue weighted by Gasteiger charge is -2.18. The number of nitrogens with zero attached hydrogens (tertiary/aromatic N) is 2. The molecule has 0 aliphatic heterocycles. The zero-order valence-electron chi connectivity index (χ0n) is 10.6. The molecule has 0 bridgehead atoms. The third-order valence-electron chi connectivity index (χ3n) is 3.11. The van der Waals surface area contributed by atoms with Crippen LogP contribution in [0.1, 0.15) is 19.7 Å². The van der Waals surface area contributed by atoms with E-state index in [1.165, 1.54) is 0 Å². The molecule has 18 heavy (non-hydrogen) atoms. The fourth-order valence-corrected chi connectivity index (χ4v) is 2.19. The molecule has 2 aromatic rings. The van der Waals surface area contributed by atoms with Gasteiger partial charge >= 0.3 is 5.97 Å². The molecule has 4 nitrogen and oxygen atoms in total. The summed E-state index contributed by atoms with van der Waals surface area (Å²) in [6.45, 7) is 3.43. The van der Waals surface area contributed by atoms with Crippen LogP contribution in [-0.4, -0.2) is 20.6 Å². The Morgan fingerprint density at radius 1 is 1.50 bits per heavy atom. The van der Waals surface area contributed by atoms with Gasteiger partial charge in [0.15, 0.2) is 0 Å². The minimum atomic E-state index is -0.813. The van der Waals surface area contributed by atoms with Crippen LogP contribution in [-0.2, 0) is 18.3 Å². The first kappa shape index (κ1) is 13.1. The molecule has 1 N–H and O–H groups in total. The van der Waals surface area contributed by atoms with Crippen LogP contribution in [0.15, 0.2) is 22.7 Å².